The van der Waals surface area contributed by atoms with Crippen LogP contribution in [-0.2, 0) is 14.3 Å². The summed E-state index contributed by atoms with van der Waals surface area (Å²) in [5.41, 5.74) is 0. The lowest BCUT2D eigenvalue weighted by atomic mass is 10.2. The lowest BCUT2D eigenvalue weighted by Crippen LogP contribution is -2.44. The van der Waals surface area contributed by atoms with Gasteiger partial charge in [0.1, 0.15) is 0 Å². The van der Waals surface area contributed by atoms with Gasteiger partial charge in [0, 0.05) is 19.6 Å². The molecule has 1 rings (SSSR count). The highest BCUT2D eigenvalue weighted by Crippen LogP contribution is 2.10. The van der Waals surface area contributed by atoms with Crippen molar-refractivity contribution >= 4 is 5.97 Å². The standard InChI is InChI=1S/C11H21NO4/c1-9(13)3-4-12-5-6-16-10(8-12)7-11(14)15-2/h9-10,13H,3-8H2,1-2H3. The predicted octanol–water partition coefficient (Wildman–Crippen LogP) is 0.0212. The van der Waals surface area contributed by atoms with E-state index < -0.39 is 0 Å². The molecule has 0 radical (unpaired) electrons. The quantitative estimate of drug-likeness (QED) is 0.676. The van der Waals surface area contributed by atoms with Crippen LogP contribution in [0, 0.1) is 0 Å². The molecule has 1 aliphatic heterocycles. The topological polar surface area (TPSA) is 59.0 Å². The van der Waals surface area contributed by atoms with Crippen LogP contribution >= 0.6 is 0 Å². The van der Waals surface area contributed by atoms with Gasteiger partial charge in [-0.15, -0.1) is 0 Å². The Bertz CT molecular complexity index is 220. The second-order valence-electron chi connectivity index (χ2n) is 4.21. The highest BCUT2D eigenvalue weighted by molar-refractivity contribution is 5.69. The highest BCUT2D eigenvalue weighted by atomic mass is 16.5. The number of morpholine rings is 1. The minimum Gasteiger partial charge on any atom is -0.469 e. The maximum Gasteiger partial charge on any atom is 0.308 e. The molecule has 1 saturated heterocycles. The first-order valence-corrected chi connectivity index (χ1v) is 5.70. The van der Waals surface area contributed by atoms with Gasteiger partial charge in [-0.3, -0.25) is 9.69 Å². The molecule has 0 aromatic rings. The molecule has 0 amide bonds. The molecule has 2 atom stereocenters. The van der Waals surface area contributed by atoms with Crippen molar-refractivity contribution in [3.05, 3.63) is 0 Å². The largest absolute Gasteiger partial charge is 0.469 e. The zero-order chi connectivity index (χ0) is 12.0. The lowest BCUT2D eigenvalue weighted by Gasteiger charge is -2.32. The van der Waals surface area contributed by atoms with E-state index in [2.05, 4.69) is 9.64 Å². The number of hydrogen-bond acceptors (Lipinski definition) is 5. The molecule has 0 aromatic carbocycles. The van der Waals surface area contributed by atoms with Crippen molar-refractivity contribution in [3.8, 4) is 0 Å². The molecule has 0 aromatic heterocycles. The van der Waals surface area contributed by atoms with Crippen LogP contribution in [0.1, 0.15) is 19.8 Å². The average Bonchev–Trinajstić information content (AvgIpc) is 2.26. The van der Waals surface area contributed by atoms with E-state index in [-0.39, 0.29) is 18.2 Å². The average molecular weight is 231 g/mol. The molecule has 1 fully saturated rings. The Balaban J connectivity index is 2.26. The normalized spacial score (nSPS) is 24.1. The molecule has 94 valence electrons. The molecule has 2 unspecified atom stereocenters. The van der Waals surface area contributed by atoms with Crippen LogP contribution in [0.25, 0.3) is 0 Å². The van der Waals surface area contributed by atoms with E-state index in [1.54, 1.807) is 6.92 Å². The van der Waals surface area contributed by atoms with E-state index in [9.17, 15) is 9.90 Å². The summed E-state index contributed by atoms with van der Waals surface area (Å²) < 4.78 is 10.1. The van der Waals surface area contributed by atoms with Gasteiger partial charge in [-0.25, -0.2) is 0 Å². The molecule has 5 heteroatoms. The van der Waals surface area contributed by atoms with Crippen molar-refractivity contribution in [3.63, 3.8) is 0 Å². The first kappa shape index (κ1) is 13.4. The van der Waals surface area contributed by atoms with Gasteiger partial charge in [0.05, 0.1) is 32.3 Å². The predicted molar refractivity (Wildman–Crippen MR) is 59.1 cm³/mol. The zero-order valence-corrected chi connectivity index (χ0v) is 10.0. The molecule has 0 bridgehead atoms. The molecule has 1 aliphatic rings. The van der Waals surface area contributed by atoms with Crippen LogP contribution in [0.4, 0.5) is 0 Å². The Morgan fingerprint density at radius 2 is 2.44 bits per heavy atom. The van der Waals surface area contributed by atoms with Gasteiger partial charge in [0.25, 0.3) is 0 Å². The van der Waals surface area contributed by atoms with Crippen molar-refractivity contribution in [2.75, 3.05) is 33.4 Å². The summed E-state index contributed by atoms with van der Waals surface area (Å²) in [5, 5.41) is 9.20. The van der Waals surface area contributed by atoms with Gasteiger partial charge in [0.15, 0.2) is 0 Å². The van der Waals surface area contributed by atoms with E-state index >= 15 is 0 Å². The van der Waals surface area contributed by atoms with Crippen LogP contribution in [0.5, 0.6) is 0 Å². The Labute approximate surface area is 96.3 Å². The van der Waals surface area contributed by atoms with E-state index in [4.69, 9.17) is 4.74 Å². The number of esters is 1. The third-order valence-electron chi connectivity index (χ3n) is 2.71. The Hall–Kier alpha value is -0.650. The zero-order valence-electron chi connectivity index (χ0n) is 10.0. The number of aliphatic hydroxyl groups excluding tert-OH is 1. The molecular formula is C11H21NO4. The van der Waals surface area contributed by atoms with Crippen LogP contribution in [0.3, 0.4) is 0 Å². The molecule has 1 N–H and O–H groups in total. The third-order valence-corrected chi connectivity index (χ3v) is 2.71. The van der Waals surface area contributed by atoms with Crippen LogP contribution in [0.2, 0.25) is 0 Å². The number of aliphatic hydroxyl groups is 1. The number of hydrogen-bond donors (Lipinski definition) is 1. The van der Waals surface area contributed by atoms with Crippen molar-refractivity contribution in [1.82, 2.24) is 4.90 Å². The van der Waals surface area contributed by atoms with E-state index in [0.717, 1.165) is 26.1 Å². The van der Waals surface area contributed by atoms with Gasteiger partial charge in [-0.2, -0.15) is 0 Å². The summed E-state index contributed by atoms with van der Waals surface area (Å²) in [6.07, 6.45) is 0.712. The number of methoxy groups -OCH3 is 1. The Morgan fingerprint density at radius 3 is 3.06 bits per heavy atom. The number of carbonyl (C=O) groups excluding carboxylic acids is 1. The van der Waals surface area contributed by atoms with E-state index in [0.29, 0.717) is 13.0 Å². The van der Waals surface area contributed by atoms with Gasteiger partial charge >= 0.3 is 5.97 Å². The number of nitrogens with zero attached hydrogens (tertiary/aromatic N) is 1. The molecule has 0 saturated carbocycles. The number of carbonyl (C=O) groups is 1. The van der Waals surface area contributed by atoms with Crippen LogP contribution in [-0.4, -0.2) is 61.5 Å². The molecule has 0 aliphatic carbocycles. The smallest absolute Gasteiger partial charge is 0.308 e. The fraction of sp³-hybridized carbons (Fsp3) is 0.909. The fourth-order valence-corrected chi connectivity index (χ4v) is 1.75. The second-order valence-corrected chi connectivity index (χ2v) is 4.21. The second kappa shape index (κ2) is 6.83. The lowest BCUT2D eigenvalue weighted by molar-refractivity contribution is -0.145. The summed E-state index contributed by atoms with van der Waals surface area (Å²) in [6.45, 7) is 4.87. The minimum atomic E-state index is -0.276. The first-order chi connectivity index (χ1) is 7.61. The summed E-state index contributed by atoms with van der Waals surface area (Å²) in [7, 11) is 1.39. The summed E-state index contributed by atoms with van der Waals surface area (Å²) in [5.74, 6) is -0.234. The van der Waals surface area contributed by atoms with Gasteiger partial charge in [0.2, 0.25) is 0 Å². The maximum absolute atomic E-state index is 11.1. The van der Waals surface area contributed by atoms with E-state index in [1.807, 2.05) is 0 Å². The molecular weight excluding hydrogens is 210 g/mol. The first-order valence-electron chi connectivity index (χ1n) is 5.70. The van der Waals surface area contributed by atoms with Crippen molar-refractivity contribution < 1.29 is 19.4 Å². The Morgan fingerprint density at radius 1 is 1.69 bits per heavy atom. The molecule has 16 heavy (non-hydrogen) atoms. The fourth-order valence-electron chi connectivity index (χ4n) is 1.75. The van der Waals surface area contributed by atoms with Crippen molar-refractivity contribution in [1.29, 1.82) is 0 Å². The van der Waals surface area contributed by atoms with Gasteiger partial charge in [-0.1, -0.05) is 0 Å². The monoisotopic (exact) mass is 231 g/mol. The van der Waals surface area contributed by atoms with Crippen molar-refractivity contribution in [2.45, 2.75) is 32.0 Å². The number of ether oxygens (including phenoxy) is 2. The summed E-state index contributed by atoms with van der Waals surface area (Å²) in [4.78, 5) is 13.3. The maximum atomic E-state index is 11.1. The Kier molecular flexibility index (Phi) is 5.73. The summed E-state index contributed by atoms with van der Waals surface area (Å²) >= 11 is 0. The van der Waals surface area contributed by atoms with E-state index in [1.165, 1.54) is 7.11 Å². The molecule has 0 spiro atoms. The SMILES string of the molecule is COC(=O)CC1CN(CCC(C)O)CCO1. The van der Waals surface area contributed by atoms with Gasteiger partial charge in [-0.05, 0) is 13.3 Å². The third kappa shape index (κ3) is 4.92. The van der Waals surface area contributed by atoms with Crippen molar-refractivity contribution in [2.24, 2.45) is 0 Å². The van der Waals surface area contributed by atoms with Crippen LogP contribution in [0.15, 0.2) is 0 Å². The van der Waals surface area contributed by atoms with Gasteiger partial charge < -0.3 is 14.6 Å². The molecule has 5 nitrogen and oxygen atoms in total. The number of rotatable bonds is 5. The van der Waals surface area contributed by atoms with Crippen LogP contribution < -0.4 is 0 Å². The highest BCUT2D eigenvalue weighted by Gasteiger charge is 2.23. The minimum absolute atomic E-state index is 0.0739. The molecule has 1 heterocycles. The summed E-state index contributed by atoms with van der Waals surface area (Å²) in [6, 6.07) is 0.